The predicted molar refractivity (Wildman–Crippen MR) is 105 cm³/mol. The van der Waals surface area contributed by atoms with Gasteiger partial charge in [-0.15, -0.1) is 0 Å². The van der Waals surface area contributed by atoms with E-state index in [4.69, 9.17) is 0 Å². The number of ether oxygens (including phenoxy) is 1. The number of esters is 1. The second kappa shape index (κ2) is 8.02. The van der Waals surface area contributed by atoms with Crippen LogP contribution >= 0.6 is 0 Å². The number of methoxy groups -OCH3 is 1. The molecule has 3 rings (SSSR count). The lowest BCUT2D eigenvalue weighted by molar-refractivity contribution is 0.0600. The van der Waals surface area contributed by atoms with Crippen molar-refractivity contribution in [3.05, 3.63) is 59.2 Å². The molecule has 28 heavy (non-hydrogen) atoms. The molecule has 1 amide bonds. The molecule has 0 aromatic heterocycles. The summed E-state index contributed by atoms with van der Waals surface area (Å²) in [6, 6.07) is 10.8. The molecule has 1 aliphatic rings. The molecule has 2 aromatic rings. The van der Waals surface area contributed by atoms with Crippen LogP contribution in [0.25, 0.3) is 0 Å². The van der Waals surface area contributed by atoms with Crippen LogP contribution in [0.15, 0.2) is 47.4 Å². The van der Waals surface area contributed by atoms with E-state index in [-0.39, 0.29) is 22.1 Å². The molecule has 0 bridgehead atoms. The quantitative estimate of drug-likeness (QED) is 0.777. The van der Waals surface area contributed by atoms with Gasteiger partial charge in [0.2, 0.25) is 0 Å². The van der Waals surface area contributed by atoms with Gasteiger partial charge in [-0.25, -0.2) is 13.2 Å². The molecular formula is C20H22N2O5S. The topological polar surface area (TPSA) is 92.8 Å². The number of hydrogen-bond donors (Lipinski definition) is 1. The van der Waals surface area contributed by atoms with E-state index >= 15 is 0 Å². The Morgan fingerprint density at radius 1 is 1.07 bits per heavy atom. The number of carbonyl (C=O) groups excluding carboxylic acids is 2. The normalized spacial score (nSPS) is 14.0. The summed E-state index contributed by atoms with van der Waals surface area (Å²) >= 11 is 0. The van der Waals surface area contributed by atoms with Crippen molar-refractivity contribution in [3.63, 3.8) is 0 Å². The van der Waals surface area contributed by atoms with Crippen molar-refractivity contribution in [1.29, 1.82) is 0 Å². The number of aryl methyl sites for hydroxylation is 1. The molecule has 0 radical (unpaired) electrons. The maximum atomic E-state index is 13.0. The molecule has 0 saturated carbocycles. The van der Waals surface area contributed by atoms with Crippen LogP contribution in [0.1, 0.15) is 39.1 Å². The van der Waals surface area contributed by atoms with Crippen LogP contribution in [0.2, 0.25) is 0 Å². The number of para-hydroxylation sites is 1. The predicted octanol–water partition coefficient (Wildman–Crippen LogP) is 2.82. The van der Waals surface area contributed by atoms with Crippen molar-refractivity contribution >= 4 is 27.6 Å². The minimum Gasteiger partial charge on any atom is -0.465 e. The van der Waals surface area contributed by atoms with E-state index in [2.05, 4.69) is 9.46 Å². The van der Waals surface area contributed by atoms with Gasteiger partial charge in [0.05, 0.1) is 28.8 Å². The number of nitrogens with zero attached hydrogens (tertiary/aromatic N) is 1. The van der Waals surface area contributed by atoms with Gasteiger partial charge in [0, 0.05) is 13.1 Å². The molecule has 0 aliphatic carbocycles. The second-order valence-corrected chi connectivity index (χ2v) is 8.27. The van der Waals surface area contributed by atoms with Gasteiger partial charge in [0.15, 0.2) is 0 Å². The summed E-state index contributed by atoms with van der Waals surface area (Å²) < 4.78 is 33.2. The summed E-state index contributed by atoms with van der Waals surface area (Å²) in [4.78, 5) is 26.2. The number of anilines is 1. The fraction of sp³-hybridized carbons (Fsp3) is 0.300. The summed E-state index contributed by atoms with van der Waals surface area (Å²) in [6.07, 6.45) is 1.89. The highest BCUT2D eigenvalue weighted by Crippen LogP contribution is 2.25. The van der Waals surface area contributed by atoms with Gasteiger partial charge >= 0.3 is 5.97 Å². The highest BCUT2D eigenvalue weighted by atomic mass is 32.2. The molecule has 0 spiro atoms. The van der Waals surface area contributed by atoms with E-state index in [1.54, 1.807) is 42.2 Å². The van der Waals surface area contributed by atoms with Crippen molar-refractivity contribution in [1.82, 2.24) is 4.90 Å². The number of sulfonamides is 1. The number of hydrogen-bond acceptors (Lipinski definition) is 5. The lowest BCUT2D eigenvalue weighted by atomic mass is 10.1. The Bertz CT molecular complexity index is 1010. The zero-order valence-electron chi connectivity index (χ0n) is 15.8. The van der Waals surface area contributed by atoms with Gasteiger partial charge < -0.3 is 9.64 Å². The van der Waals surface area contributed by atoms with Crippen molar-refractivity contribution in [2.45, 2.75) is 24.7 Å². The van der Waals surface area contributed by atoms with E-state index < -0.39 is 16.0 Å². The average Bonchev–Trinajstić information content (AvgIpc) is 3.22. The Morgan fingerprint density at radius 3 is 2.43 bits per heavy atom. The van der Waals surface area contributed by atoms with Gasteiger partial charge in [-0.05, 0) is 49.6 Å². The zero-order chi connectivity index (χ0) is 20.3. The van der Waals surface area contributed by atoms with Crippen LogP contribution in [-0.4, -0.2) is 45.4 Å². The first kappa shape index (κ1) is 19.9. The number of nitrogens with one attached hydrogen (secondary N) is 1. The number of likely N-dealkylation sites (tertiary alicyclic amines) is 1. The Balaban J connectivity index is 1.96. The smallest absolute Gasteiger partial charge is 0.337 e. The largest absolute Gasteiger partial charge is 0.465 e. The lowest BCUT2D eigenvalue weighted by Gasteiger charge is -2.19. The van der Waals surface area contributed by atoms with E-state index in [0.717, 1.165) is 12.8 Å². The Morgan fingerprint density at radius 2 is 1.75 bits per heavy atom. The van der Waals surface area contributed by atoms with Crippen molar-refractivity contribution < 1.29 is 22.7 Å². The molecule has 1 fully saturated rings. The molecule has 1 heterocycles. The zero-order valence-corrected chi connectivity index (χ0v) is 16.6. The van der Waals surface area contributed by atoms with Gasteiger partial charge in [0.1, 0.15) is 0 Å². The Kier molecular flexibility index (Phi) is 5.69. The minimum atomic E-state index is -4.02. The molecule has 1 saturated heterocycles. The average molecular weight is 402 g/mol. The van der Waals surface area contributed by atoms with Crippen LogP contribution in [0.5, 0.6) is 0 Å². The first-order valence-electron chi connectivity index (χ1n) is 8.93. The van der Waals surface area contributed by atoms with Crippen LogP contribution in [-0.2, 0) is 14.8 Å². The second-order valence-electron chi connectivity index (χ2n) is 6.62. The summed E-state index contributed by atoms with van der Waals surface area (Å²) in [5.74, 6) is -0.822. The Labute approximate surface area is 164 Å². The maximum Gasteiger partial charge on any atom is 0.337 e. The monoisotopic (exact) mass is 402 g/mol. The Hall–Kier alpha value is -2.87. The number of rotatable bonds is 5. The van der Waals surface area contributed by atoms with Crippen molar-refractivity contribution in [2.24, 2.45) is 0 Å². The molecule has 148 valence electrons. The van der Waals surface area contributed by atoms with Crippen molar-refractivity contribution in [2.75, 3.05) is 24.9 Å². The van der Waals surface area contributed by atoms with Crippen LogP contribution in [0.3, 0.4) is 0 Å². The van der Waals surface area contributed by atoms with Crippen molar-refractivity contribution in [3.8, 4) is 0 Å². The van der Waals surface area contributed by atoms with E-state index in [1.165, 1.54) is 19.2 Å². The van der Waals surface area contributed by atoms with Gasteiger partial charge in [-0.3, -0.25) is 9.52 Å². The van der Waals surface area contributed by atoms with Gasteiger partial charge in [-0.2, -0.15) is 0 Å². The fourth-order valence-corrected chi connectivity index (χ4v) is 4.53. The number of carbonyl (C=O) groups is 2. The first-order chi connectivity index (χ1) is 13.3. The van der Waals surface area contributed by atoms with E-state index in [0.29, 0.717) is 24.2 Å². The molecule has 8 heteroatoms. The molecule has 7 nitrogen and oxygen atoms in total. The lowest BCUT2D eigenvalue weighted by Crippen LogP contribution is -2.29. The fourth-order valence-electron chi connectivity index (χ4n) is 3.18. The van der Waals surface area contributed by atoms with Gasteiger partial charge in [0.25, 0.3) is 15.9 Å². The summed E-state index contributed by atoms with van der Waals surface area (Å²) in [7, 11) is -2.79. The molecule has 1 N–H and O–H groups in total. The van der Waals surface area contributed by atoms with Crippen LogP contribution < -0.4 is 4.72 Å². The highest BCUT2D eigenvalue weighted by molar-refractivity contribution is 7.92. The summed E-state index contributed by atoms with van der Waals surface area (Å²) in [5.41, 5.74) is 1.12. The molecule has 1 aliphatic heterocycles. The third kappa shape index (κ3) is 4.01. The third-order valence-electron chi connectivity index (χ3n) is 4.69. The van der Waals surface area contributed by atoms with Gasteiger partial charge in [-0.1, -0.05) is 18.2 Å². The maximum absolute atomic E-state index is 13.0. The SMILES string of the molecule is COC(=O)c1ccc(C)c(S(=O)(=O)Nc2ccccc2C(=O)N2CCCC2)c1. The highest BCUT2D eigenvalue weighted by Gasteiger charge is 2.25. The standard InChI is InChI=1S/C20H22N2O5S/c1-14-9-10-15(20(24)27-2)13-18(14)28(25,26)21-17-8-4-3-7-16(17)19(23)22-11-5-6-12-22/h3-4,7-10,13,21H,5-6,11-12H2,1-2H3. The van der Waals surface area contributed by atoms with Crippen LogP contribution in [0, 0.1) is 6.92 Å². The minimum absolute atomic E-state index is 0.0428. The summed E-state index contributed by atoms with van der Waals surface area (Å²) in [5, 5.41) is 0. The van der Waals surface area contributed by atoms with E-state index in [9.17, 15) is 18.0 Å². The molecule has 0 unspecified atom stereocenters. The first-order valence-corrected chi connectivity index (χ1v) is 10.4. The molecule has 0 atom stereocenters. The number of amides is 1. The molecule has 2 aromatic carbocycles. The molecular weight excluding hydrogens is 380 g/mol. The summed E-state index contributed by atoms with van der Waals surface area (Å²) in [6.45, 7) is 2.97. The third-order valence-corrected chi connectivity index (χ3v) is 6.20. The number of benzene rings is 2. The van der Waals surface area contributed by atoms with E-state index in [1.807, 2.05) is 0 Å². The van der Waals surface area contributed by atoms with Crippen LogP contribution in [0.4, 0.5) is 5.69 Å².